The summed E-state index contributed by atoms with van der Waals surface area (Å²) >= 11 is 1.65. The lowest BCUT2D eigenvalue weighted by molar-refractivity contribution is -0.133. The molecule has 38 heavy (non-hydrogen) atoms. The minimum absolute atomic E-state index is 0.00368. The van der Waals surface area contributed by atoms with Gasteiger partial charge >= 0.3 is 6.09 Å². The second-order valence-electron chi connectivity index (χ2n) is 10.9. The number of fused-ring (bicyclic) bond motifs is 3. The van der Waals surface area contributed by atoms with Crippen LogP contribution in [0.2, 0.25) is 0 Å². The molecule has 1 aliphatic carbocycles. The first-order valence-electron chi connectivity index (χ1n) is 12.9. The van der Waals surface area contributed by atoms with Crippen LogP contribution in [0.5, 0.6) is 5.75 Å². The molecular formula is C28H37N5O4S. The normalized spacial score (nSPS) is 15.1. The van der Waals surface area contributed by atoms with Crippen LogP contribution in [-0.2, 0) is 22.4 Å². The Labute approximate surface area is 227 Å². The Morgan fingerprint density at radius 2 is 1.89 bits per heavy atom. The van der Waals surface area contributed by atoms with Gasteiger partial charge in [0.1, 0.15) is 34.9 Å². The van der Waals surface area contributed by atoms with Crippen molar-refractivity contribution in [3.05, 3.63) is 40.0 Å². The average Bonchev–Trinajstić information content (AvgIpc) is 3.21. The van der Waals surface area contributed by atoms with Gasteiger partial charge in [0.05, 0.1) is 17.6 Å². The highest BCUT2D eigenvalue weighted by Gasteiger charge is 2.30. The van der Waals surface area contributed by atoms with Crippen molar-refractivity contribution in [3.8, 4) is 5.75 Å². The number of carbonyl (C=O) groups excluding carboxylic acids is 2. The Morgan fingerprint density at radius 1 is 1.16 bits per heavy atom. The Balaban J connectivity index is 1.54. The summed E-state index contributed by atoms with van der Waals surface area (Å²) in [5.74, 6) is 1.58. The van der Waals surface area contributed by atoms with E-state index in [4.69, 9.17) is 9.47 Å². The Kier molecular flexibility index (Phi) is 8.10. The fraction of sp³-hybridized carbons (Fsp3) is 0.500. The van der Waals surface area contributed by atoms with Gasteiger partial charge in [-0.15, -0.1) is 11.3 Å². The molecule has 1 aromatic carbocycles. The molecule has 2 heterocycles. The summed E-state index contributed by atoms with van der Waals surface area (Å²) in [5, 5.41) is 7.23. The molecule has 0 saturated carbocycles. The summed E-state index contributed by atoms with van der Waals surface area (Å²) in [6, 6.07) is 4.04. The Bertz CT molecular complexity index is 1350. The van der Waals surface area contributed by atoms with Gasteiger partial charge in [-0.05, 0) is 82.7 Å². The molecule has 2 amide bonds. The predicted octanol–water partition coefficient (Wildman–Crippen LogP) is 5.15. The third kappa shape index (κ3) is 6.35. The molecule has 0 aliphatic heterocycles. The molecule has 4 rings (SSSR count). The van der Waals surface area contributed by atoms with Crippen LogP contribution >= 0.6 is 11.3 Å². The molecule has 3 aromatic rings. The summed E-state index contributed by atoms with van der Waals surface area (Å²) in [6.07, 6.45) is 3.46. The number of carbonyl (C=O) groups is 2. The molecule has 2 N–H and O–H groups in total. The smallest absolute Gasteiger partial charge is 0.407 e. The van der Waals surface area contributed by atoms with E-state index >= 15 is 0 Å². The first-order valence-corrected chi connectivity index (χ1v) is 13.7. The fourth-order valence-corrected chi connectivity index (χ4v) is 5.81. The zero-order valence-corrected chi connectivity index (χ0v) is 24.0. The monoisotopic (exact) mass is 539 g/mol. The van der Waals surface area contributed by atoms with Crippen LogP contribution in [0.3, 0.4) is 0 Å². The number of anilines is 2. The molecule has 9 nitrogen and oxygen atoms in total. The van der Waals surface area contributed by atoms with Crippen LogP contribution in [0.25, 0.3) is 10.2 Å². The highest BCUT2D eigenvalue weighted by atomic mass is 32.1. The summed E-state index contributed by atoms with van der Waals surface area (Å²) in [6.45, 7) is 10.2. The average molecular weight is 540 g/mol. The number of hydrogen-bond donors (Lipinski definition) is 2. The standard InChI is InChI=1S/C28H37N5O4S/c1-16-12-20(21(13-17(16)2)36-11-10-29-27(35)37-28(3,4)5)32-24-23-19-9-8-18(26(34)33(6)7)14-22(19)38-25(23)31-15-30-24/h12-13,15,18H,8-11,14H2,1-7H3,(H,29,35)(H,30,31,32). The summed E-state index contributed by atoms with van der Waals surface area (Å²) < 4.78 is 11.4. The maximum atomic E-state index is 12.6. The van der Waals surface area contributed by atoms with Crippen molar-refractivity contribution in [2.75, 3.05) is 32.6 Å². The van der Waals surface area contributed by atoms with Crippen LogP contribution in [-0.4, -0.2) is 59.7 Å². The highest BCUT2D eigenvalue weighted by molar-refractivity contribution is 7.19. The van der Waals surface area contributed by atoms with E-state index in [1.807, 2.05) is 53.9 Å². The number of ether oxygens (including phenoxy) is 2. The Hall–Kier alpha value is -3.40. The molecule has 0 bridgehead atoms. The van der Waals surface area contributed by atoms with E-state index in [-0.39, 0.29) is 18.4 Å². The molecule has 10 heteroatoms. The lowest BCUT2D eigenvalue weighted by Gasteiger charge is -2.24. The first kappa shape index (κ1) is 27.6. The van der Waals surface area contributed by atoms with Crippen LogP contribution < -0.4 is 15.4 Å². The van der Waals surface area contributed by atoms with Gasteiger partial charge in [-0.2, -0.15) is 0 Å². The number of rotatable bonds is 7. The number of aromatic nitrogens is 2. The van der Waals surface area contributed by atoms with Gasteiger partial charge in [0.25, 0.3) is 0 Å². The maximum Gasteiger partial charge on any atom is 0.407 e. The lowest BCUT2D eigenvalue weighted by Crippen LogP contribution is -2.34. The van der Waals surface area contributed by atoms with Crippen LogP contribution in [0.4, 0.5) is 16.3 Å². The second kappa shape index (κ2) is 11.1. The van der Waals surface area contributed by atoms with Crippen molar-refractivity contribution in [3.63, 3.8) is 0 Å². The topological polar surface area (TPSA) is 106 Å². The van der Waals surface area contributed by atoms with E-state index < -0.39 is 11.7 Å². The zero-order chi connectivity index (χ0) is 27.6. The molecular weight excluding hydrogens is 502 g/mol. The number of aryl methyl sites for hydroxylation is 3. The largest absolute Gasteiger partial charge is 0.490 e. The maximum absolute atomic E-state index is 12.6. The summed E-state index contributed by atoms with van der Waals surface area (Å²) in [7, 11) is 3.63. The van der Waals surface area contributed by atoms with Crippen LogP contribution in [0, 0.1) is 19.8 Å². The number of amides is 2. The SMILES string of the molecule is Cc1cc(Nc2ncnc3sc4c(c23)CCC(C(=O)N(C)C)C4)c(OCCNC(=O)OC(C)(C)C)cc1C. The van der Waals surface area contributed by atoms with E-state index in [9.17, 15) is 9.59 Å². The molecule has 0 spiro atoms. The summed E-state index contributed by atoms with van der Waals surface area (Å²) in [5.41, 5.74) is 3.69. The first-order chi connectivity index (χ1) is 17.9. The number of thiophene rings is 1. The van der Waals surface area contributed by atoms with Crippen molar-refractivity contribution in [2.45, 2.75) is 59.5 Å². The quantitative estimate of drug-likeness (QED) is 0.400. The van der Waals surface area contributed by atoms with E-state index in [2.05, 4.69) is 27.5 Å². The molecule has 1 unspecified atom stereocenters. The zero-order valence-electron chi connectivity index (χ0n) is 23.2. The van der Waals surface area contributed by atoms with Gasteiger partial charge in [0.15, 0.2) is 0 Å². The predicted molar refractivity (Wildman–Crippen MR) is 151 cm³/mol. The van der Waals surface area contributed by atoms with Gasteiger partial charge in [0, 0.05) is 24.9 Å². The number of alkyl carbamates (subject to hydrolysis) is 1. The molecule has 0 saturated heterocycles. The van der Waals surface area contributed by atoms with E-state index in [1.165, 1.54) is 10.4 Å². The number of benzene rings is 1. The van der Waals surface area contributed by atoms with Gasteiger partial charge in [0.2, 0.25) is 5.91 Å². The molecule has 204 valence electrons. The van der Waals surface area contributed by atoms with Gasteiger partial charge in [-0.25, -0.2) is 14.8 Å². The van der Waals surface area contributed by atoms with Crippen molar-refractivity contribution in [1.82, 2.24) is 20.2 Å². The third-order valence-electron chi connectivity index (χ3n) is 6.51. The molecule has 1 aliphatic rings. The van der Waals surface area contributed by atoms with Crippen molar-refractivity contribution >= 4 is 45.1 Å². The minimum Gasteiger partial charge on any atom is -0.490 e. The van der Waals surface area contributed by atoms with Crippen molar-refractivity contribution in [1.29, 1.82) is 0 Å². The van der Waals surface area contributed by atoms with E-state index in [1.54, 1.807) is 22.6 Å². The van der Waals surface area contributed by atoms with Crippen molar-refractivity contribution < 1.29 is 19.1 Å². The number of hydrogen-bond acceptors (Lipinski definition) is 8. The van der Waals surface area contributed by atoms with Crippen LogP contribution in [0.1, 0.15) is 48.8 Å². The van der Waals surface area contributed by atoms with Crippen molar-refractivity contribution in [2.24, 2.45) is 5.92 Å². The van der Waals surface area contributed by atoms with Gasteiger partial charge < -0.3 is 25.0 Å². The molecule has 0 radical (unpaired) electrons. The van der Waals surface area contributed by atoms with Crippen LogP contribution in [0.15, 0.2) is 18.5 Å². The fourth-order valence-electron chi connectivity index (χ4n) is 4.54. The molecule has 1 atom stereocenters. The molecule has 2 aromatic heterocycles. The second-order valence-corrected chi connectivity index (χ2v) is 12.0. The minimum atomic E-state index is -0.553. The summed E-state index contributed by atoms with van der Waals surface area (Å²) in [4.78, 5) is 37.5. The highest BCUT2D eigenvalue weighted by Crippen LogP contribution is 2.41. The van der Waals surface area contributed by atoms with E-state index in [0.717, 1.165) is 52.1 Å². The van der Waals surface area contributed by atoms with E-state index in [0.29, 0.717) is 12.3 Å². The number of nitrogens with zero attached hydrogens (tertiary/aromatic N) is 3. The third-order valence-corrected chi connectivity index (χ3v) is 7.67. The van der Waals surface area contributed by atoms with Gasteiger partial charge in [-0.3, -0.25) is 4.79 Å². The van der Waals surface area contributed by atoms with Gasteiger partial charge in [-0.1, -0.05) is 0 Å². The number of nitrogens with one attached hydrogen (secondary N) is 2. The Morgan fingerprint density at radius 3 is 2.61 bits per heavy atom. The molecule has 0 fully saturated rings. The lowest BCUT2D eigenvalue weighted by atomic mass is 9.87.